The van der Waals surface area contributed by atoms with Crippen LogP contribution in [-0.2, 0) is 6.54 Å². The molecule has 4 heteroatoms. The first-order valence-electron chi connectivity index (χ1n) is 6.04. The van der Waals surface area contributed by atoms with Crippen molar-refractivity contribution in [1.82, 2.24) is 9.88 Å². The molecule has 0 aromatic carbocycles. The highest BCUT2D eigenvalue weighted by Crippen LogP contribution is 2.21. The normalized spacial score (nSPS) is 21.2. The number of likely N-dealkylation sites (tertiary alicyclic amines) is 1. The van der Waals surface area contributed by atoms with Gasteiger partial charge in [-0.15, -0.1) is 11.3 Å². The molecule has 1 unspecified atom stereocenters. The third kappa shape index (κ3) is 3.03. The second-order valence-electron chi connectivity index (χ2n) is 4.83. The van der Waals surface area contributed by atoms with Gasteiger partial charge in [0.15, 0.2) is 0 Å². The zero-order chi connectivity index (χ0) is 11.5. The lowest BCUT2D eigenvalue weighted by atomic mass is 9.91. The summed E-state index contributed by atoms with van der Waals surface area (Å²) in [6, 6.07) is 0.351. The van der Waals surface area contributed by atoms with Crippen LogP contribution in [0, 0.1) is 12.8 Å². The molecule has 90 valence electrons. The Morgan fingerprint density at radius 2 is 2.25 bits per heavy atom. The molecule has 0 bridgehead atoms. The molecule has 1 saturated heterocycles. The molecule has 2 N–H and O–H groups in total. The van der Waals surface area contributed by atoms with E-state index in [9.17, 15) is 0 Å². The zero-order valence-electron chi connectivity index (χ0n) is 10.1. The van der Waals surface area contributed by atoms with Gasteiger partial charge in [0.05, 0.1) is 10.7 Å². The summed E-state index contributed by atoms with van der Waals surface area (Å²) in [4.78, 5) is 7.00. The molecule has 3 nitrogen and oxygen atoms in total. The largest absolute Gasteiger partial charge is 0.328 e. The first-order valence-corrected chi connectivity index (χ1v) is 6.92. The molecule has 0 spiro atoms. The molecular formula is C12H21N3S. The van der Waals surface area contributed by atoms with Gasteiger partial charge in [-0.1, -0.05) is 0 Å². The smallest absolute Gasteiger partial charge is 0.0897 e. The average Bonchev–Trinajstić information content (AvgIpc) is 2.65. The van der Waals surface area contributed by atoms with Crippen molar-refractivity contribution in [3.05, 3.63) is 16.1 Å². The first kappa shape index (κ1) is 12.0. The molecule has 2 heterocycles. The molecule has 1 aliphatic rings. The van der Waals surface area contributed by atoms with E-state index in [1.165, 1.54) is 36.6 Å². The fraction of sp³-hybridized carbons (Fsp3) is 0.750. The van der Waals surface area contributed by atoms with Gasteiger partial charge in [-0.3, -0.25) is 4.90 Å². The Labute approximate surface area is 102 Å². The quantitative estimate of drug-likeness (QED) is 0.877. The molecule has 1 fully saturated rings. The third-order valence-electron chi connectivity index (χ3n) is 3.43. The van der Waals surface area contributed by atoms with E-state index in [0.717, 1.165) is 6.54 Å². The van der Waals surface area contributed by atoms with E-state index in [1.54, 1.807) is 11.3 Å². The van der Waals surface area contributed by atoms with E-state index in [2.05, 4.69) is 29.1 Å². The molecule has 1 atom stereocenters. The number of nitrogens with two attached hydrogens (primary N) is 1. The van der Waals surface area contributed by atoms with Crippen molar-refractivity contribution < 1.29 is 0 Å². The van der Waals surface area contributed by atoms with Crippen LogP contribution >= 0.6 is 11.3 Å². The highest BCUT2D eigenvalue weighted by atomic mass is 32.1. The lowest BCUT2D eigenvalue weighted by Gasteiger charge is -2.33. The highest BCUT2D eigenvalue weighted by Gasteiger charge is 2.22. The van der Waals surface area contributed by atoms with Gasteiger partial charge in [0, 0.05) is 18.0 Å². The summed E-state index contributed by atoms with van der Waals surface area (Å²) in [5.74, 6) is 0.716. The van der Waals surface area contributed by atoms with Crippen LogP contribution in [0.4, 0.5) is 0 Å². The Kier molecular flexibility index (Phi) is 3.95. The topological polar surface area (TPSA) is 42.2 Å². The van der Waals surface area contributed by atoms with Crippen LogP contribution in [0.2, 0.25) is 0 Å². The maximum Gasteiger partial charge on any atom is 0.0897 e. The summed E-state index contributed by atoms with van der Waals surface area (Å²) in [7, 11) is 0. The Hall–Kier alpha value is -0.450. The lowest BCUT2D eigenvalue weighted by molar-refractivity contribution is 0.164. The van der Waals surface area contributed by atoms with Crippen LogP contribution in [0.5, 0.6) is 0 Å². The van der Waals surface area contributed by atoms with Gasteiger partial charge < -0.3 is 5.73 Å². The highest BCUT2D eigenvalue weighted by molar-refractivity contribution is 7.09. The van der Waals surface area contributed by atoms with Crippen molar-refractivity contribution in [2.45, 2.75) is 39.3 Å². The van der Waals surface area contributed by atoms with Crippen LogP contribution in [0.15, 0.2) is 5.38 Å². The van der Waals surface area contributed by atoms with E-state index in [4.69, 9.17) is 5.73 Å². The molecule has 0 aliphatic carbocycles. The summed E-state index contributed by atoms with van der Waals surface area (Å²) in [5, 5.41) is 3.34. The van der Waals surface area contributed by atoms with E-state index < -0.39 is 0 Å². The Morgan fingerprint density at radius 3 is 2.75 bits per heavy atom. The fourth-order valence-electron chi connectivity index (χ4n) is 2.35. The molecule has 0 amide bonds. The number of thiazole rings is 1. The molecule has 1 aromatic rings. The second-order valence-corrected chi connectivity index (χ2v) is 5.89. The number of hydrogen-bond acceptors (Lipinski definition) is 4. The van der Waals surface area contributed by atoms with Crippen molar-refractivity contribution in [3.8, 4) is 0 Å². The summed E-state index contributed by atoms with van der Waals surface area (Å²) in [6.45, 7) is 7.54. The molecule has 0 saturated carbocycles. The third-order valence-corrected chi connectivity index (χ3v) is 4.25. The summed E-state index contributed by atoms with van der Waals surface area (Å²) in [6.07, 6.45) is 2.47. The van der Waals surface area contributed by atoms with Crippen molar-refractivity contribution in [3.63, 3.8) is 0 Å². The summed E-state index contributed by atoms with van der Waals surface area (Å²) in [5.41, 5.74) is 7.16. The summed E-state index contributed by atoms with van der Waals surface area (Å²) < 4.78 is 0. The number of aryl methyl sites for hydroxylation is 1. The average molecular weight is 239 g/mol. The fourth-order valence-corrected chi connectivity index (χ4v) is 2.95. The second kappa shape index (κ2) is 5.25. The molecule has 16 heavy (non-hydrogen) atoms. The van der Waals surface area contributed by atoms with Gasteiger partial charge in [-0.2, -0.15) is 0 Å². The van der Waals surface area contributed by atoms with Gasteiger partial charge >= 0.3 is 0 Å². The SMILES string of the molecule is Cc1nc(CN2CCC(C(C)N)CC2)cs1. The van der Waals surface area contributed by atoms with Gasteiger partial charge in [0.25, 0.3) is 0 Å². The minimum absolute atomic E-state index is 0.351. The number of piperidine rings is 1. The van der Waals surface area contributed by atoms with E-state index >= 15 is 0 Å². The van der Waals surface area contributed by atoms with E-state index in [0.29, 0.717) is 12.0 Å². The number of aromatic nitrogens is 1. The van der Waals surface area contributed by atoms with Crippen LogP contribution in [0.25, 0.3) is 0 Å². The van der Waals surface area contributed by atoms with Gasteiger partial charge in [0.2, 0.25) is 0 Å². The van der Waals surface area contributed by atoms with Crippen LogP contribution in [-0.4, -0.2) is 29.0 Å². The number of hydrogen-bond donors (Lipinski definition) is 1. The maximum absolute atomic E-state index is 5.94. The Morgan fingerprint density at radius 1 is 1.56 bits per heavy atom. The van der Waals surface area contributed by atoms with Crippen LogP contribution in [0.3, 0.4) is 0 Å². The van der Waals surface area contributed by atoms with Gasteiger partial charge in [-0.25, -0.2) is 4.98 Å². The predicted octanol–water partition coefficient (Wildman–Crippen LogP) is 2.01. The van der Waals surface area contributed by atoms with Gasteiger partial charge in [0.1, 0.15) is 0 Å². The zero-order valence-corrected chi connectivity index (χ0v) is 11.0. The minimum Gasteiger partial charge on any atom is -0.328 e. The monoisotopic (exact) mass is 239 g/mol. The Balaban J connectivity index is 1.81. The Bertz CT molecular complexity index is 327. The van der Waals surface area contributed by atoms with Crippen molar-refractivity contribution in [1.29, 1.82) is 0 Å². The standard InChI is InChI=1S/C12H21N3S/c1-9(13)11-3-5-15(6-4-11)7-12-8-16-10(2)14-12/h8-9,11H,3-7,13H2,1-2H3. The van der Waals surface area contributed by atoms with Crippen LogP contribution < -0.4 is 5.73 Å². The molecule has 1 aromatic heterocycles. The lowest BCUT2D eigenvalue weighted by Crippen LogP contribution is -2.39. The van der Waals surface area contributed by atoms with Crippen molar-refractivity contribution in [2.75, 3.05) is 13.1 Å². The summed E-state index contributed by atoms with van der Waals surface area (Å²) >= 11 is 1.74. The van der Waals surface area contributed by atoms with E-state index in [-0.39, 0.29) is 0 Å². The first-order chi connectivity index (χ1) is 7.65. The number of nitrogens with zero attached hydrogens (tertiary/aromatic N) is 2. The van der Waals surface area contributed by atoms with Crippen molar-refractivity contribution in [2.24, 2.45) is 11.7 Å². The molecular weight excluding hydrogens is 218 g/mol. The van der Waals surface area contributed by atoms with Gasteiger partial charge in [-0.05, 0) is 45.7 Å². The number of rotatable bonds is 3. The van der Waals surface area contributed by atoms with Crippen molar-refractivity contribution >= 4 is 11.3 Å². The molecule has 2 rings (SSSR count). The molecule has 1 aliphatic heterocycles. The maximum atomic E-state index is 5.94. The van der Waals surface area contributed by atoms with Crippen LogP contribution in [0.1, 0.15) is 30.5 Å². The predicted molar refractivity (Wildman–Crippen MR) is 68.5 cm³/mol. The minimum atomic E-state index is 0.351. The van der Waals surface area contributed by atoms with E-state index in [1.807, 2.05) is 0 Å². The molecule has 0 radical (unpaired) electrons.